The predicted octanol–water partition coefficient (Wildman–Crippen LogP) is -0.0692. The lowest BCUT2D eigenvalue weighted by molar-refractivity contribution is -0.407. The molecule has 14 nitrogen and oxygen atoms in total. The number of ether oxygens (including phenoxy) is 7. The van der Waals surface area contributed by atoms with Crippen LogP contribution in [0.3, 0.4) is 0 Å². The van der Waals surface area contributed by atoms with Crippen molar-refractivity contribution in [2.75, 3.05) is 19.8 Å². The van der Waals surface area contributed by atoms with Gasteiger partial charge in [0, 0.05) is 34.2 Å². The number of hydrogen-bond donors (Lipinski definition) is 2. The summed E-state index contributed by atoms with van der Waals surface area (Å²) in [5.74, 6) is -5.93. The van der Waals surface area contributed by atoms with Crippen LogP contribution in [-0.2, 0) is 52.3 Å². The fourth-order valence-electron chi connectivity index (χ4n) is 3.09. The molecule has 0 bridgehead atoms. The van der Waals surface area contributed by atoms with Crippen LogP contribution in [0.1, 0.15) is 48.5 Å². The average Bonchev–Trinajstić information content (AvgIpc) is 2.67. The Bertz CT molecular complexity index is 793. The Kier molecular flexibility index (Phi) is 10.9. The molecule has 1 saturated heterocycles. The van der Waals surface area contributed by atoms with Crippen molar-refractivity contribution in [3.8, 4) is 0 Å². The first-order valence-corrected chi connectivity index (χ1v) is 10.7. The van der Waals surface area contributed by atoms with Crippen molar-refractivity contribution in [1.29, 1.82) is 0 Å². The van der Waals surface area contributed by atoms with Gasteiger partial charge in [0.1, 0.15) is 18.3 Å². The molecule has 1 heterocycles. The number of nitrogens with one attached hydrogen (secondary N) is 1. The molecule has 0 aliphatic carbocycles. The molecule has 200 valence electrons. The van der Waals surface area contributed by atoms with Crippen LogP contribution in [0.2, 0.25) is 0 Å². The van der Waals surface area contributed by atoms with Gasteiger partial charge in [-0.2, -0.15) is 0 Å². The van der Waals surface area contributed by atoms with Gasteiger partial charge in [0.25, 0.3) is 0 Å². The zero-order valence-corrected chi connectivity index (χ0v) is 20.8. The highest BCUT2D eigenvalue weighted by atomic mass is 16.8. The van der Waals surface area contributed by atoms with Crippen molar-refractivity contribution >= 4 is 30.0 Å². The zero-order valence-electron chi connectivity index (χ0n) is 20.8. The maximum Gasteiger partial charge on any atom is 0.407 e. The van der Waals surface area contributed by atoms with E-state index in [1.807, 2.05) is 0 Å². The van der Waals surface area contributed by atoms with Crippen LogP contribution >= 0.6 is 0 Å². The number of esters is 4. The van der Waals surface area contributed by atoms with E-state index in [-0.39, 0.29) is 6.54 Å². The van der Waals surface area contributed by atoms with Gasteiger partial charge in [0.15, 0.2) is 6.10 Å². The molecule has 0 aromatic carbocycles. The highest BCUT2D eigenvalue weighted by Crippen LogP contribution is 2.37. The fraction of sp³-hybridized carbons (Fsp3) is 0.762. The summed E-state index contributed by atoms with van der Waals surface area (Å²) in [6.07, 6.45) is -7.46. The molecule has 1 unspecified atom stereocenters. The maximum absolute atomic E-state index is 11.9. The first kappa shape index (κ1) is 30.1. The lowest BCUT2D eigenvalue weighted by Gasteiger charge is -2.49. The second kappa shape index (κ2) is 12.7. The summed E-state index contributed by atoms with van der Waals surface area (Å²) < 4.78 is 36.7. The summed E-state index contributed by atoms with van der Waals surface area (Å²) in [4.78, 5) is 58.8. The summed E-state index contributed by atoms with van der Waals surface area (Å²) >= 11 is 0. The molecule has 1 aliphatic rings. The third-order valence-electron chi connectivity index (χ3n) is 4.16. The molecule has 0 aromatic rings. The molecule has 35 heavy (non-hydrogen) atoms. The summed E-state index contributed by atoms with van der Waals surface area (Å²) in [6, 6.07) is 0. The molecule has 2 N–H and O–H groups in total. The molecule has 0 radical (unpaired) electrons. The van der Waals surface area contributed by atoms with E-state index in [0.29, 0.717) is 0 Å². The molecular formula is C21H33NO13. The number of rotatable bonds is 9. The SMILES string of the molecule is CC(=O)OC[C@H]1OC(O)[C@](OCCNC(=O)OC(C)(C)C)(OC(C)=O)[C@@H](OC(C)=O)[C@H]1OC(C)=O. The minimum absolute atomic E-state index is 0.188. The van der Waals surface area contributed by atoms with Gasteiger partial charge >= 0.3 is 35.8 Å². The van der Waals surface area contributed by atoms with Gasteiger partial charge in [0.05, 0.1) is 6.61 Å². The van der Waals surface area contributed by atoms with Crippen molar-refractivity contribution in [3.05, 3.63) is 0 Å². The fourth-order valence-corrected chi connectivity index (χ4v) is 3.09. The van der Waals surface area contributed by atoms with E-state index in [0.717, 1.165) is 27.7 Å². The Hall–Kier alpha value is -2.97. The number of alkyl carbamates (subject to hydrolysis) is 1. The standard InChI is InChI=1S/C21H33NO13/c1-11(23)29-10-15-16(31-12(2)24)17(32-13(3)25)21(18(27)33-15,34-14(4)26)30-9-8-22-19(28)35-20(5,6)7/h15-18,27H,8-10H2,1-7H3,(H,22,28)/t15-,16+,17+,18?,21-/m1/s1. The van der Waals surface area contributed by atoms with Gasteiger partial charge in [-0.15, -0.1) is 0 Å². The first-order valence-electron chi connectivity index (χ1n) is 10.7. The van der Waals surface area contributed by atoms with Crippen LogP contribution in [0.25, 0.3) is 0 Å². The van der Waals surface area contributed by atoms with E-state index < -0.39 is 79.2 Å². The van der Waals surface area contributed by atoms with Crippen LogP contribution in [-0.4, -0.2) is 90.8 Å². The largest absolute Gasteiger partial charge is 0.463 e. The lowest BCUT2D eigenvalue weighted by atomic mass is 9.94. The Morgan fingerprint density at radius 2 is 1.54 bits per heavy atom. The van der Waals surface area contributed by atoms with Gasteiger partial charge in [-0.25, -0.2) is 4.79 Å². The van der Waals surface area contributed by atoms with Crippen LogP contribution in [0.4, 0.5) is 4.79 Å². The van der Waals surface area contributed by atoms with Crippen LogP contribution in [0, 0.1) is 0 Å². The Labute approximate surface area is 202 Å². The third kappa shape index (κ3) is 9.66. The van der Waals surface area contributed by atoms with Crippen LogP contribution in [0.15, 0.2) is 0 Å². The van der Waals surface area contributed by atoms with E-state index in [2.05, 4.69) is 5.32 Å². The summed E-state index contributed by atoms with van der Waals surface area (Å²) in [5.41, 5.74) is -0.758. The quantitative estimate of drug-likeness (QED) is 0.183. The Morgan fingerprint density at radius 3 is 2.03 bits per heavy atom. The molecule has 0 aromatic heterocycles. The van der Waals surface area contributed by atoms with Crippen molar-refractivity contribution in [3.63, 3.8) is 0 Å². The predicted molar refractivity (Wildman–Crippen MR) is 113 cm³/mol. The smallest absolute Gasteiger partial charge is 0.407 e. The molecule has 1 amide bonds. The zero-order chi connectivity index (χ0) is 27.0. The minimum Gasteiger partial charge on any atom is -0.463 e. The normalized spacial score (nSPS) is 26.2. The number of hydrogen-bond acceptors (Lipinski definition) is 13. The van der Waals surface area contributed by atoms with Crippen molar-refractivity contribution in [2.45, 2.75) is 84.5 Å². The first-order chi connectivity index (χ1) is 16.1. The average molecular weight is 507 g/mol. The topological polar surface area (TPSA) is 182 Å². The van der Waals surface area contributed by atoms with Crippen molar-refractivity contribution in [2.24, 2.45) is 0 Å². The Morgan fingerprint density at radius 1 is 0.943 bits per heavy atom. The van der Waals surface area contributed by atoms with E-state index in [1.54, 1.807) is 20.8 Å². The van der Waals surface area contributed by atoms with Gasteiger partial charge in [-0.3, -0.25) is 19.2 Å². The van der Waals surface area contributed by atoms with Crippen LogP contribution in [0.5, 0.6) is 0 Å². The highest BCUT2D eigenvalue weighted by molar-refractivity contribution is 5.69. The molecule has 1 aliphatic heterocycles. The number of carbonyl (C=O) groups excluding carboxylic acids is 5. The van der Waals surface area contributed by atoms with Crippen molar-refractivity contribution < 1.29 is 62.2 Å². The molecule has 5 atom stereocenters. The molecule has 1 rings (SSSR count). The van der Waals surface area contributed by atoms with Crippen LogP contribution < -0.4 is 5.32 Å². The van der Waals surface area contributed by atoms with Crippen molar-refractivity contribution in [1.82, 2.24) is 5.32 Å². The Balaban J connectivity index is 3.26. The highest BCUT2D eigenvalue weighted by Gasteiger charge is 2.64. The van der Waals surface area contributed by atoms with E-state index >= 15 is 0 Å². The number of aliphatic hydroxyl groups excluding tert-OH is 1. The molecule has 0 saturated carbocycles. The molecular weight excluding hydrogens is 474 g/mol. The number of carbonyl (C=O) groups is 5. The molecule has 1 fully saturated rings. The number of amides is 1. The van der Waals surface area contributed by atoms with E-state index in [9.17, 15) is 29.1 Å². The van der Waals surface area contributed by atoms with E-state index in [4.69, 9.17) is 33.2 Å². The second-order valence-electron chi connectivity index (χ2n) is 8.53. The third-order valence-corrected chi connectivity index (χ3v) is 4.16. The summed E-state index contributed by atoms with van der Waals surface area (Å²) in [6.45, 7) is 8.10. The molecule has 14 heteroatoms. The second-order valence-corrected chi connectivity index (χ2v) is 8.53. The number of aliphatic hydroxyl groups is 1. The van der Waals surface area contributed by atoms with Gasteiger partial charge in [-0.1, -0.05) is 0 Å². The van der Waals surface area contributed by atoms with Gasteiger partial charge in [-0.05, 0) is 20.8 Å². The lowest BCUT2D eigenvalue weighted by Crippen LogP contribution is -2.71. The summed E-state index contributed by atoms with van der Waals surface area (Å²) in [5, 5.41) is 13.2. The van der Waals surface area contributed by atoms with Gasteiger partial charge < -0.3 is 43.6 Å². The monoisotopic (exact) mass is 507 g/mol. The maximum atomic E-state index is 11.9. The molecule has 0 spiro atoms. The summed E-state index contributed by atoms with van der Waals surface area (Å²) in [7, 11) is 0. The minimum atomic E-state index is -2.51. The van der Waals surface area contributed by atoms with E-state index in [1.165, 1.54) is 0 Å². The van der Waals surface area contributed by atoms with Gasteiger partial charge in [0.2, 0.25) is 12.4 Å².